The van der Waals surface area contributed by atoms with Crippen LogP contribution in [0, 0.1) is 0 Å². The molecule has 8 aromatic carbocycles. The van der Waals surface area contributed by atoms with Crippen molar-refractivity contribution in [1.29, 1.82) is 0 Å². The lowest BCUT2D eigenvalue weighted by Gasteiger charge is -2.26. The van der Waals surface area contributed by atoms with Gasteiger partial charge in [-0.2, -0.15) is 0 Å². The van der Waals surface area contributed by atoms with Crippen molar-refractivity contribution in [3.8, 4) is 11.1 Å². The van der Waals surface area contributed by atoms with E-state index < -0.39 is 0 Å². The van der Waals surface area contributed by atoms with E-state index in [9.17, 15) is 0 Å². The fourth-order valence-corrected chi connectivity index (χ4v) is 9.25. The molecular formula is C46H28N2S. The molecule has 0 unspecified atom stereocenters. The van der Waals surface area contributed by atoms with Gasteiger partial charge in [-0.1, -0.05) is 115 Å². The van der Waals surface area contributed by atoms with Crippen LogP contribution in [0.1, 0.15) is 0 Å². The van der Waals surface area contributed by atoms with E-state index in [4.69, 9.17) is 0 Å². The third-order valence-electron chi connectivity index (χ3n) is 10.3. The molecular weight excluding hydrogens is 613 g/mol. The van der Waals surface area contributed by atoms with Gasteiger partial charge >= 0.3 is 0 Å². The molecule has 2 nitrogen and oxygen atoms in total. The van der Waals surface area contributed by atoms with Gasteiger partial charge in [-0.25, -0.2) is 0 Å². The Kier molecular flexibility index (Phi) is 5.57. The van der Waals surface area contributed by atoms with Gasteiger partial charge in [0.05, 0.1) is 16.6 Å². The van der Waals surface area contributed by atoms with Crippen LogP contribution < -0.4 is 4.90 Å². The Balaban J connectivity index is 1.17. The zero-order chi connectivity index (χ0) is 32.1. The maximum absolute atomic E-state index is 2.49. The van der Waals surface area contributed by atoms with Crippen LogP contribution in [0.4, 0.5) is 17.1 Å². The van der Waals surface area contributed by atoms with E-state index in [2.05, 4.69) is 179 Å². The largest absolute Gasteiger partial charge is 0.310 e. The van der Waals surface area contributed by atoms with Crippen molar-refractivity contribution in [2.24, 2.45) is 0 Å². The van der Waals surface area contributed by atoms with E-state index in [1.54, 1.807) is 0 Å². The maximum atomic E-state index is 2.49. The fraction of sp³-hybridized carbons (Fsp3) is 0. The number of fused-ring (bicyclic) bond motifs is 9. The third kappa shape index (κ3) is 3.88. The number of anilines is 3. The summed E-state index contributed by atoms with van der Waals surface area (Å²) in [5.41, 5.74) is 9.62. The lowest BCUT2D eigenvalue weighted by atomic mass is 9.99. The van der Waals surface area contributed by atoms with Gasteiger partial charge in [0.1, 0.15) is 0 Å². The number of para-hydroxylation sites is 1. The van der Waals surface area contributed by atoms with Crippen LogP contribution in [-0.4, -0.2) is 4.40 Å². The number of hydrogen-bond acceptors (Lipinski definition) is 2. The Morgan fingerprint density at radius 3 is 1.94 bits per heavy atom. The maximum Gasteiger partial charge on any atom is 0.0626 e. The topological polar surface area (TPSA) is 7.65 Å². The minimum Gasteiger partial charge on any atom is -0.310 e. The molecule has 0 aliphatic carbocycles. The lowest BCUT2D eigenvalue weighted by Crippen LogP contribution is -2.09. The van der Waals surface area contributed by atoms with Crippen LogP contribution in [0.25, 0.3) is 80.2 Å². The van der Waals surface area contributed by atoms with Crippen LogP contribution in [0.2, 0.25) is 0 Å². The zero-order valence-electron chi connectivity index (χ0n) is 26.5. The standard InChI is InChI=1S/C46H28N2S/c1-2-9-29(10-3-1)30-17-20-32(21-18-30)47(34-22-25-37-36-13-5-7-16-43(36)49-44(37)28-34)33-23-26-42-40(27-33)39-24-19-31-11-8-14-38-35-12-4-6-15-41(35)48(42)46(39)45(31)38/h1-28H. The molecule has 3 aromatic heterocycles. The number of aromatic nitrogens is 1. The molecule has 0 radical (unpaired) electrons. The second-order valence-corrected chi connectivity index (χ2v) is 14.0. The molecule has 0 aliphatic rings. The molecule has 49 heavy (non-hydrogen) atoms. The first kappa shape index (κ1) is 26.9. The highest BCUT2D eigenvalue weighted by Crippen LogP contribution is 2.45. The number of pyridine rings is 1. The van der Waals surface area contributed by atoms with Crippen LogP contribution in [0.3, 0.4) is 0 Å². The second kappa shape index (κ2) is 10.2. The third-order valence-corrected chi connectivity index (χ3v) is 11.4. The van der Waals surface area contributed by atoms with Gasteiger partial charge in [-0.3, -0.25) is 0 Å². The molecule has 0 amide bonds. The van der Waals surface area contributed by atoms with Gasteiger partial charge in [0.15, 0.2) is 0 Å². The normalized spacial score (nSPS) is 12.1. The van der Waals surface area contributed by atoms with Crippen molar-refractivity contribution in [3.05, 3.63) is 170 Å². The molecule has 0 saturated carbocycles. The van der Waals surface area contributed by atoms with Gasteiger partial charge < -0.3 is 9.30 Å². The zero-order valence-corrected chi connectivity index (χ0v) is 27.3. The highest BCUT2D eigenvalue weighted by atomic mass is 32.1. The SMILES string of the molecule is c1ccc(-c2ccc(N(c3ccc4c(c3)sc3ccccc34)c3ccc4c(c3)c3ccc5cccc6c7ccccc7n4c3c56)cc2)cc1. The summed E-state index contributed by atoms with van der Waals surface area (Å²) in [7, 11) is 0. The van der Waals surface area contributed by atoms with E-state index in [0.717, 1.165) is 17.1 Å². The van der Waals surface area contributed by atoms with E-state index >= 15 is 0 Å². The molecule has 0 aliphatic heterocycles. The number of rotatable bonds is 4. The van der Waals surface area contributed by atoms with Crippen LogP contribution in [0.5, 0.6) is 0 Å². The quantitative estimate of drug-likeness (QED) is 0.137. The molecule has 0 N–H and O–H groups in total. The van der Waals surface area contributed by atoms with Crippen molar-refractivity contribution in [3.63, 3.8) is 0 Å². The summed E-state index contributed by atoms with van der Waals surface area (Å²) >= 11 is 1.86. The van der Waals surface area contributed by atoms with Crippen molar-refractivity contribution in [2.45, 2.75) is 0 Å². The predicted molar refractivity (Wildman–Crippen MR) is 212 cm³/mol. The minimum atomic E-state index is 1.13. The fourth-order valence-electron chi connectivity index (χ4n) is 8.11. The first-order chi connectivity index (χ1) is 24.3. The Morgan fingerprint density at radius 2 is 1.04 bits per heavy atom. The average molecular weight is 641 g/mol. The van der Waals surface area contributed by atoms with Crippen molar-refractivity contribution in [1.82, 2.24) is 4.40 Å². The molecule has 11 aromatic rings. The summed E-state index contributed by atoms with van der Waals surface area (Å²) in [4.78, 5) is 2.42. The second-order valence-electron chi connectivity index (χ2n) is 12.9. The number of thiophene rings is 1. The molecule has 228 valence electrons. The number of hydrogen-bond donors (Lipinski definition) is 0. The summed E-state index contributed by atoms with van der Waals surface area (Å²) < 4.78 is 5.10. The van der Waals surface area contributed by atoms with Gasteiger partial charge in [-0.05, 0) is 76.5 Å². The molecule has 0 atom stereocenters. The van der Waals surface area contributed by atoms with Crippen molar-refractivity contribution >= 4 is 97.4 Å². The molecule has 0 bridgehead atoms. The summed E-state index contributed by atoms with van der Waals surface area (Å²) in [6, 6.07) is 62.5. The van der Waals surface area contributed by atoms with E-state index in [-0.39, 0.29) is 0 Å². The minimum absolute atomic E-state index is 1.13. The van der Waals surface area contributed by atoms with Crippen LogP contribution in [0.15, 0.2) is 170 Å². The molecule has 3 heterocycles. The van der Waals surface area contributed by atoms with Gasteiger partial charge in [0.2, 0.25) is 0 Å². The Labute approximate surface area is 286 Å². The lowest BCUT2D eigenvalue weighted by molar-refractivity contribution is 1.29. The molecule has 0 spiro atoms. The van der Waals surface area contributed by atoms with Crippen molar-refractivity contribution in [2.75, 3.05) is 4.90 Å². The smallest absolute Gasteiger partial charge is 0.0626 e. The number of nitrogens with zero attached hydrogens (tertiary/aromatic N) is 2. The van der Waals surface area contributed by atoms with Gasteiger partial charge in [0.25, 0.3) is 0 Å². The Morgan fingerprint density at radius 1 is 0.388 bits per heavy atom. The molecule has 11 rings (SSSR count). The summed E-state index contributed by atoms with van der Waals surface area (Å²) in [5, 5.41) is 10.4. The first-order valence-corrected chi connectivity index (χ1v) is 17.6. The van der Waals surface area contributed by atoms with Crippen LogP contribution >= 0.6 is 11.3 Å². The Hall–Kier alpha value is -6.16. The number of benzene rings is 8. The highest BCUT2D eigenvalue weighted by molar-refractivity contribution is 7.25. The molecule has 0 fully saturated rings. The first-order valence-electron chi connectivity index (χ1n) is 16.8. The summed E-state index contributed by atoms with van der Waals surface area (Å²) in [5.74, 6) is 0. The predicted octanol–water partition coefficient (Wildman–Crippen LogP) is 13.5. The summed E-state index contributed by atoms with van der Waals surface area (Å²) in [6.07, 6.45) is 0. The van der Waals surface area contributed by atoms with Gasteiger partial charge in [0, 0.05) is 58.8 Å². The van der Waals surface area contributed by atoms with Crippen molar-refractivity contribution < 1.29 is 0 Å². The monoisotopic (exact) mass is 640 g/mol. The van der Waals surface area contributed by atoms with E-state index in [0.29, 0.717) is 0 Å². The molecule has 0 saturated heterocycles. The van der Waals surface area contributed by atoms with Gasteiger partial charge in [-0.15, -0.1) is 11.3 Å². The van der Waals surface area contributed by atoms with E-state index in [1.807, 2.05) is 11.3 Å². The Bertz CT molecular complexity index is 3030. The van der Waals surface area contributed by atoms with E-state index in [1.165, 1.54) is 80.2 Å². The highest BCUT2D eigenvalue weighted by Gasteiger charge is 2.21. The average Bonchev–Trinajstić information content (AvgIpc) is 3.71. The van der Waals surface area contributed by atoms with Crippen LogP contribution in [-0.2, 0) is 0 Å². The summed E-state index contributed by atoms with van der Waals surface area (Å²) in [6.45, 7) is 0. The molecule has 3 heteroatoms.